The maximum atomic E-state index is 12.1. The van der Waals surface area contributed by atoms with Crippen molar-refractivity contribution < 1.29 is 14.3 Å². The Morgan fingerprint density at radius 1 is 1.30 bits per heavy atom. The van der Waals surface area contributed by atoms with E-state index in [1.165, 1.54) is 0 Å². The molecule has 0 spiro atoms. The van der Waals surface area contributed by atoms with Gasteiger partial charge in [0.1, 0.15) is 5.69 Å². The van der Waals surface area contributed by atoms with Gasteiger partial charge >= 0.3 is 5.97 Å². The first-order valence-corrected chi connectivity index (χ1v) is 7.60. The quantitative estimate of drug-likeness (QED) is 0.606. The molecule has 6 nitrogen and oxygen atoms in total. The smallest absolute Gasteiger partial charge is 0.305 e. The average molecular weight is 313 g/mol. The highest BCUT2D eigenvalue weighted by Crippen LogP contribution is 2.17. The molecule has 0 fully saturated rings. The molecule has 0 unspecified atom stereocenters. The van der Waals surface area contributed by atoms with Crippen LogP contribution in [0.2, 0.25) is 0 Å². The number of nitrogens with zero attached hydrogens (tertiary/aromatic N) is 1. The maximum Gasteiger partial charge on any atom is 0.305 e. The van der Waals surface area contributed by atoms with Crippen LogP contribution in [0.5, 0.6) is 0 Å². The summed E-state index contributed by atoms with van der Waals surface area (Å²) in [6.45, 7) is 2.67. The topological polar surface area (TPSA) is 95.0 Å². The number of hydrogen-bond donors (Lipinski definition) is 2. The fraction of sp³-hybridized carbons (Fsp3) is 0.353. The van der Waals surface area contributed by atoms with Gasteiger partial charge in [0.05, 0.1) is 18.2 Å². The summed E-state index contributed by atoms with van der Waals surface area (Å²) in [5.41, 5.74) is 1.83. The number of ether oxygens (including phenoxy) is 1. The van der Waals surface area contributed by atoms with E-state index in [0.717, 1.165) is 10.9 Å². The average Bonchev–Trinajstić information content (AvgIpc) is 2.97. The molecule has 23 heavy (non-hydrogen) atoms. The number of carbonyl (C=O) groups excluding carboxylic acids is 2. The largest absolute Gasteiger partial charge is 0.466 e. The van der Waals surface area contributed by atoms with Crippen molar-refractivity contribution in [1.29, 1.82) is 5.26 Å². The van der Waals surface area contributed by atoms with Gasteiger partial charge in [0.2, 0.25) is 0 Å². The molecule has 0 aliphatic carbocycles. The van der Waals surface area contributed by atoms with E-state index in [1.54, 1.807) is 31.2 Å². The highest BCUT2D eigenvalue weighted by atomic mass is 16.5. The molecular weight excluding hydrogens is 294 g/mol. The van der Waals surface area contributed by atoms with Gasteiger partial charge in [0.25, 0.3) is 5.91 Å². The molecule has 0 bridgehead atoms. The first-order chi connectivity index (χ1) is 11.1. The summed E-state index contributed by atoms with van der Waals surface area (Å²) in [5.74, 6) is -0.404. The van der Waals surface area contributed by atoms with E-state index in [0.29, 0.717) is 43.7 Å². The zero-order valence-corrected chi connectivity index (χ0v) is 13.0. The van der Waals surface area contributed by atoms with Crippen molar-refractivity contribution in [3.63, 3.8) is 0 Å². The zero-order chi connectivity index (χ0) is 16.7. The third-order valence-corrected chi connectivity index (χ3v) is 3.39. The number of carbonyl (C=O) groups is 2. The summed E-state index contributed by atoms with van der Waals surface area (Å²) < 4.78 is 4.84. The minimum absolute atomic E-state index is 0.198. The van der Waals surface area contributed by atoms with Crippen LogP contribution in [0.15, 0.2) is 24.3 Å². The number of H-pyrrole nitrogens is 1. The Kier molecular flexibility index (Phi) is 5.75. The zero-order valence-electron chi connectivity index (χ0n) is 13.0. The van der Waals surface area contributed by atoms with Gasteiger partial charge in [0, 0.05) is 23.9 Å². The predicted molar refractivity (Wildman–Crippen MR) is 85.8 cm³/mol. The van der Waals surface area contributed by atoms with Crippen molar-refractivity contribution in [2.45, 2.75) is 26.2 Å². The second-order valence-electron chi connectivity index (χ2n) is 5.11. The summed E-state index contributed by atoms with van der Waals surface area (Å²) in [6.07, 6.45) is 1.76. The van der Waals surface area contributed by atoms with E-state index in [1.807, 2.05) is 0 Å². The number of hydrogen-bond acceptors (Lipinski definition) is 4. The minimum Gasteiger partial charge on any atom is -0.466 e. The summed E-state index contributed by atoms with van der Waals surface area (Å²) in [4.78, 5) is 26.3. The van der Waals surface area contributed by atoms with Crippen molar-refractivity contribution >= 4 is 22.8 Å². The molecule has 6 heteroatoms. The lowest BCUT2D eigenvalue weighted by Gasteiger charge is -2.04. The highest BCUT2D eigenvalue weighted by molar-refractivity contribution is 5.98. The Labute approximate surface area is 134 Å². The fourth-order valence-electron chi connectivity index (χ4n) is 2.25. The van der Waals surface area contributed by atoms with Gasteiger partial charge in [-0.3, -0.25) is 9.59 Å². The molecular formula is C17H19N3O3. The Morgan fingerprint density at radius 3 is 2.87 bits per heavy atom. The van der Waals surface area contributed by atoms with Crippen LogP contribution in [0, 0.1) is 11.3 Å². The van der Waals surface area contributed by atoms with Crippen molar-refractivity contribution in [3.8, 4) is 6.07 Å². The van der Waals surface area contributed by atoms with Gasteiger partial charge in [-0.1, -0.05) is 0 Å². The molecule has 0 atom stereocenters. The second-order valence-corrected chi connectivity index (χ2v) is 5.11. The predicted octanol–water partition coefficient (Wildman–Crippen LogP) is 2.50. The fourth-order valence-corrected chi connectivity index (χ4v) is 2.25. The number of amides is 1. The number of fused-ring (bicyclic) bond motifs is 1. The van der Waals surface area contributed by atoms with E-state index in [9.17, 15) is 9.59 Å². The molecule has 0 aliphatic rings. The monoisotopic (exact) mass is 313 g/mol. The number of benzene rings is 1. The molecule has 2 N–H and O–H groups in total. The van der Waals surface area contributed by atoms with Gasteiger partial charge in [-0.15, -0.1) is 0 Å². The number of aromatic nitrogens is 1. The van der Waals surface area contributed by atoms with Crippen molar-refractivity contribution in [3.05, 3.63) is 35.5 Å². The highest BCUT2D eigenvalue weighted by Gasteiger charge is 2.09. The molecule has 0 saturated heterocycles. The summed E-state index contributed by atoms with van der Waals surface area (Å²) >= 11 is 0. The molecule has 1 heterocycles. The molecule has 1 amide bonds. The Bertz CT molecular complexity index is 743. The van der Waals surface area contributed by atoms with E-state index in [-0.39, 0.29) is 11.9 Å². The van der Waals surface area contributed by atoms with Crippen molar-refractivity contribution in [1.82, 2.24) is 10.3 Å². The second kappa shape index (κ2) is 7.99. The summed E-state index contributed by atoms with van der Waals surface area (Å²) in [6, 6.07) is 9.02. The number of aromatic amines is 1. The van der Waals surface area contributed by atoms with Crippen molar-refractivity contribution in [2.24, 2.45) is 0 Å². The molecule has 120 valence electrons. The van der Waals surface area contributed by atoms with E-state index >= 15 is 0 Å². The van der Waals surface area contributed by atoms with Crippen LogP contribution in [0.25, 0.3) is 10.9 Å². The van der Waals surface area contributed by atoms with Crippen LogP contribution in [0.3, 0.4) is 0 Å². The van der Waals surface area contributed by atoms with Crippen LogP contribution < -0.4 is 5.32 Å². The normalized spacial score (nSPS) is 10.3. The number of unbranched alkanes of at least 4 members (excludes halogenated alkanes) is 1. The van der Waals surface area contributed by atoms with Gasteiger partial charge < -0.3 is 15.0 Å². The van der Waals surface area contributed by atoms with Crippen molar-refractivity contribution in [2.75, 3.05) is 13.2 Å². The van der Waals surface area contributed by atoms with E-state index < -0.39 is 0 Å². The van der Waals surface area contributed by atoms with Gasteiger partial charge in [-0.25, -0.2) is 0 Å². The van der Waals surface area contributed by atoms with Crippen LogP contribution >= 0.6 is 0 Å². The minimum atomic E-state index is -0.206. The molecule has 2 rings (SSSR count). The SMILES string of the molecule is CCOC(=O)CCCCNC(=O)c1cc2cc(C#N)ccc2[nH]1. The van der Waals surface area contributed by atoms with Crippen LogP contribution in [0.1, 0.15) is 42.2 Å². The van der Waals surface area contributed by atoms with E-state index in [2.05, 4.69) is 16.4 Å². The van der Waals surface area contributed by atoms with Crippen LogP contribution in [0.4, 0.5) is 0 Å². The summed E-state index contributed by atoms with van der Waals surface area (Å²) in [5, 5.41) is 12.5. The van der Waals surface area contributed by atoms with Gasteiger partial charge in [0.15, 0.2) is 0 Å². The maximum absolute atomic E-state index is 12.1. The number of nitriles is 1. The number of esters is 1. The molecule has 0 aliphatic heterocycles. The first-order valence-electron chi connectivity index (χ1n) is 7.60. The first kappa shape index (κ1) is 16.6. The molecule has 2 aromatic rings. The van der Waals surface area contributed by atoms with Crippen LogP contribution in [-0.4, -0.2) is 30.0 Å². The van der Waals surface area contributed by atoms with E-state index in [4.69, 9.17) is 10.00 Å². The number of rotatable bonds is 7. The molecule has 0 saturated carbocycles. The third-order valence-electron chi connectivity index (χ3n) is 3.39. The van der Waals surface area contributed by atoms with Gasteiger partial charge in [-0.2, -0.15) is 5.26 Å². The van der Waals surface area contributed by atoms with Gasteiger partial charge in [-0.05, 0) is 44.0 Å². The lowest BCUT2D eigenvalue weighted by atomic mass is 10.2. The standard InChI is InChI=1S/C17H19N3O3/c1-2-23-16(21)5-3-4-8-19-17(22)15-10-13-9-12(11-18)6-7-14(13)20-15/h6-7,9-10,20H,2-5,8H2,1H3,(H,19,22). The Hall–Kier alpha value is -2.81. The lowest BCUT2D eigenvalue weighted by molar-refractivity contribution is -0.143. The molecule has 1 aromatic heterocycles. The van der Waals surface area contributed by atoms with Crippen LogP contribution in [-0.2, 0) is 9.53 Å². The lowest BCUT2D eigenvalue weighted by Crippen LogP contribution is -2.24. The molecule has 1 aromatic carbocycles. The Balaban J connectivity index is 1.82. The molecule has 0 radical (unpaired) electrons. The third kappa shape index (κ3) is 4.58. The Morgan fingerprint density at radius 2 is 2.13 bits per heavy atom. The number of nitrogens with one attached hydrogen (secondary N) is 2. The summed E-state index contributed by atoms with van der Waals surface area (Å²) in [7, 11) is 0.